The van der Waals surface area contributed by atoms with Crippen molar-refractivity contribution in [2.45, 2.75) is 13.5 Å². The van der Waals surface area contributed by atoms with Gasteiger partial charge in [-0.05, 0) is 42.0 Å². The van der Waals surface area contributed by atoms with Gasteiger partial charge in [0.1, 0.15) is 0 Å². The molecule has 0 aliphatic carbocycles. The number of amides is 1. The van der Waals surface area contributed by atoms with E-state index in [1.54, 1.807) is 6.21 Å². The van der Waals surface area contributed by atoms with Crippen molar-refractivity contribution in [1.29, 1.82) is 0 Å². The van der Waals surface area contributed by atoms with Crippen LogP contribution in [0.1, 0.15) is 23.0 Å². The topological polar surface area (TPSA) is 46.4 Å². The Kier molecular flexibility index (Phi) is 4.01. The Labute approximate surface area is 129 Å². The number of fused-ring (bicyclic) bond motifs is 1. The van der Waals surface area contributed by atoms with E-state index >= 15 is 0 Å². The van der Waals surface area contributed by atoms with Gasteiger partial charge in [0, 0.05) is 18.3 Å². The van der Waals surface area contributed by atoms with Gasteiger partial charge >= 0.3 is 0 Å². The third-order valence-electron chi connectivity index (χ3n) is 3.58. The zero-order chi connectivity index (χ0) is 15.4. The van der Waals surface area contributed by atoms with Crippen LogP contribution in [0.25, 0.3) is 10.8 Å². The maximum Gasteiger partial charge on any atom is 0.271 e. The summed E-state index contributed by atoms with van der Waals surface area (Å²) in [5.41, 5.74) is 4.13. The molecule has 0 atom stereocenters. The van der Waals surface area contributed by atoms with Crippen molar-refractivity contribution in [3.05, 3.63) is 72.1 Å². The lowest BCUT2D eigenvalue weighted by Gasteiger charge is -2.03. The molecule has 1 amide bonds. The monoisotopic (exact) mass is 291 g/mol. The summed E-state index contributed by atoms with van der Waals surface area (Å²) in [6, 6.07) is 17.5. The lowest BCUT2D eigenvalue weighted by molar-refractivity contribution is 0.0955. The molecular formula is C18H17N3O. The first kappa shape index (κ1) is 14.1. The summed E-state index contributed by atoms with van der Waals surface area (Å²) < 4.78 is 2.05. The van der Waals surface area contributed by atoms with Gasteiger partial charge < -0.3 is 4.57 Å². The number of aryl methyl sites for hydroxylation is 1. The van der Waals surface area contributed by atoms with Crippen LogP contribution in [-0.4, -0.2) is 16.7 Å². The summed E-state index contributed by atoms with van der Waals surface area (Å²) in [7, 11) is 0. The van der Waals surface area contributed by atoms with Crippen LogP contribution in [0.2, 0.25) is 0 Å². The molecule has 0 saturated carbocycles. The molecule has 1 N–H and O–H groups in total. The number of hydrogen-bond acceptors (Lipinski definition) is 2. The maximum absolute atomic E-state index is 12.1. The predicted molar refractivity (Wildman–Crippen MR) is 89.1 cm³/mol. The first-order valence-electron chi connectivity index (χ1n) is 7.25. The lowest BCUT2D eigenvalue weighted by Crippen LogP contribution is -2.17. The largest absolute Gasteiger partial charge is 0.347 e. The van der Waals surface area contributed by atoms with Gasteiger partial charge in [-0.25, -0.2) is 5.43 Å². The van der Waals surface area contributed by atoms with Crippen molar-refractivity contribution in [2.24, 2.45) is 5.10 Å². The highest BCUT2D eigenvalue weighted by molar-refractivity contribution is 5.98. The summed E-state index contributed by atoms with van der Waals surface area (Å²) >= 11 is 0. The number of hydrazone groups is 1. The predicted octanol–water partition coefficient (Wildman–Crippen LogP) is 3.43. The number of hydrogen-bond donors (Lipinski definition) is 1. The summed E-state index contributed by atoms with van der Waals surface area (Å²) in [5.74, 6) is -0.211. The molecule has 0 fully saturated rings. The SMILES string of the molecule is CCn1cccc1/C=N\NC(=O)c1ccc2ccccc2c1. The Morgan fingerprint density at radius 1 is 1.14 bits per heavy atom. The molecule has 1 aromatic heterocycles. The highest BCUT2D eigenvalue weighted by Crippen LogP contribution is 2.15. The Morgan fingerprint density at radius 3 is 2.77 bits per heavy atom. The van der Waals surface area contributed by atoms with Crippen LogP contribution in [-0.2, 0) is 6.54 Å². The summed E-state index contributed by atoms with van der Waals surface area (Å²) in [5, 5.41) is 6.19. The quantitative estimate of drug-likeness (QED) is 0.581. The fourth-order valence-electron chi connectivity index (χ4n) is 2.38. The molecule has 2 aromatic carbocycles. The minimum Gasteiger partial charge on any atom is -0.347 e. The van der Waals surface area contributed by atoms with E-state index < -0.39 is 0 Å². The molecular weight excluding hydrogens is 274 g/mol. The minimum absolute atomic E-state index is 0.211. The van der Waals surface area contributed by atoms with Crippen LogP contribution >= 0.6 is 0 Å². The van der Waals surface area contributed by atoms with Crippen molar-refractivity contribution in [3.8, 4) is 0 Å². The lowest BCUT2D eigenvalue weighted by atomic mass is 10.1. The normalized spacial score (nSPS) is 11.1. The summed E-state index contributed by atoms with van der Waals surface area (Å²) in [6.45, 7) is 2.93. The van der Waals surface area contributed by atoms with E-state index in [-0.39, 0.29) is 5.91 Å². The van der Waals surface area contributed by atoms with Gasteiger partial charge in [0.05, 0.1) is 11.9 Å². The molecule has 3 rings (SSSR count). The fourth-order valence-corrected chi connectivity index (χ4v) is 2.38. The second kappa shape index (κ2) is 6.26. The molecule has 110 valence electrons. The smallest absolute Gasteiger partial charge is 0.271 e. The third kappa shape index (κ3) is 2.91. The molecule has 3 aromatic rings. The first-order chi connectivity index (χ1) is 10.8. The minimum atomic E-state index is -0.211. The molecule has 1 heterocycles. The number of nitrogens with zero attached hydrogens (tertiary/aromatic N) is 2. The molecule has 0 saturated heterocycles. The van der Waals surface area contributed by atoms with Crippen LogP contribution in [0.15, 0.2) is 65.9 Å². The van der Waals surface area contributed by atoms with E-state index in [1.807, 2.05) is 65.4 Å². The van der Waals surface area contributed by atoms with Gasteiger partial charge in [-0.2, -0.15) is 5.10 Å². The van der Waals surface area contributed by atoms with Crippen LogP contribution in [0.4, 0.5) is 0 Å². The Morgan fingerprint density at radius 2 is 1.95 bits per heavy atom. The molecule has 0 radical (unpaired) electrons. The molecule has 0 aliphatic heterocycles. The van der Waals surface area contributed by atoms with Gasteiger partial charge in [0.2, 0.25) is 0 Å². The van der Waals surface area contributed by atoms with Crippen molar-refractivity contribution < 1.29 is 4.79 Å². The van der Waals surface area contributed by atoms with Gasteiger partial charge in [0.15, 0.2) is 0 Å². The van der Waals surface area contributed by atoms with Crippen LogP contribution in [0, 0.1) is 0 Å². The molecule has 0 unspecified atom stereocenters. The summed E-state index contributed by atoms with van der Waals surface area (Å²) in [6.07, 6.45) is 3.63. The van der Waals surface area contributed by atoms with Crippen molar-refractivity contribution in [3.63, 3.8) is 0 Å². The van der Waals surface area contributed by atoms with Gasteiger partial charge in [-0.15, -0.1) is 0 Å². The van der Waals surface area contributed by atoms with Crippen LogP contribution in [0.3, 0.4) is 0 Å². The van der Waals surface area contributed by atoms with Crippen molar-refractivity contribution >= 4 is 22.9 Å². The second-order valence-electron chi connectivity index (χ2n) is 4.98. The van der Waals surface area contributed by atoms with E-state index in [0.29, 0.717) is 5.56 Å². The molecule has 0 aliphatic rings. The number of benzene rings is 2. The standard InChI is InChI=1S/C18H17N3O/c1-2-21-11-5-8-17(21)13-19-20-18(22)16-10-9-14-6-3-4-7-15(14)12-16/h3-13H,2H2,1H3,(H,20,22)/b19-13-. The van der Waals surface area contributed by atoms with E-state index in [1.165, 1.54) is 0 Å². The number of carbonyl (C=O) groups excluding carboxylic acids is 1. The molecule has 0 bridgehead atoms. The molecule has 4 heteroatoms. The van der Waals surface area contributed by atoms with Crippen molar-refractivity contribution in [2.75, 3.05) is 0 Å². The number of carbonyl (C=O) groups is 1. The van der Waals surface area contributed by atoms with Gasteiger partial charge in [-0.3, -0.25) is 4.79 Å². The molecule has 22 heavy (non-hydrogen) atoms. The highest BCUT2D eigenvalue weighted by Gasteiger charge is 2.05. The average Bonchev–Trinajstić information content (AvgIpc) is 3.01. The van der Waals surface area contributed by atoms with Crippen molar-refractivity contribution in [1.82, 2.24) is 9.99 Å². The van der Waals surface area contributed by atoms with E-state index in [9.17, 15) is 4.79 Å². The fraction of sp³-hybridized carbons (Fsp3) is 0.111. The number of nitrogens with one attached hydrogen (secondary N) is 1. The molecule has 0 spiro atoms. The summed E-state index contributed by atoms with van der Waals surface area (Å²) in [4.78, 5) is 12.1. The van der Waals surface area contributed by atoms with E-state index in [0.717, 1.165) is 23.0 Å². The number of aromatic nitrogens is 1. The van der Waals surface area contributed by atoms with Gasteiger partial charge in [0.25, 0.3) is 5.91 Å². The second-order valence-corrected chi connectivity index (χ2v) is 4.98. The van der Waals surface area contributed by atoms with Crippen LogP contribution < -0.4 is 5.43 Å². The van der Waals surface area contributed by atoms with Gasteiger partial charge in [-0.1, -0.05) is 30.3 Å². The zero-order valence-corrected chi connectivity index (χ0v) is 12.4. The first-order valence-corrected chi connectivity index (χ1v) is 7.25. The Balaban J connectivity index is 1.73. The van der Waals surface area contributed by atoms with Crippen LogP contribution in [0.5, 0.6) is 0 Å². The third-order valence-corrected chi connectivity index (χ3v) is 3.58. The number of rotatable bonds is 4. The Hall–Kier alpha value is -2.88. The highest BCUT2D eigenvalue weighted by atomic mass is 16.2. The zero-order valence-electron chi connectivity index (χ0n) is 12.4. The molecule has 4 nitrogen and oxygen atoms in total. The maximum atomic E-state index is 12.1. The Bertz CT molecular complexity index is 833. The van der Waals surface area contributed by atoms with E-state index in [2.05, 4.69) is 17.5 Å². The van der Waals surface area contributed by atoms with E-state index in [4.69, 9.17) is 0 Å². The average molecular weight is 291 g/mol.